The number of rotatable bonds is 6. The zero-order chi connectivity index (χ0) is 19.4. The second-order valence-electron chi connectivity index (χ2n) is 6.59. The quantitative estimate of drug-likeness (QED) is 0.664. The highest BCUT2D eigenvalue weighted by molar-refractivity contribution is 5.93. The highest BCUT2D eigenvalue weighted by Crippen LogP contribution is 2.21. The maximum Gasteiger partial charge on any atom is 0.263 e. The van der Waals surface area contributed by atoms with Crippen LogP contribution in [-0.4, -0.2) is 51.9 Å². The van der Waals surface area contributed by atoms with Crippen molar-refractivity contribution in [2.75, 3.05) is 13.1 Å². The third kappa shape index (κ3) is 4.43. The second-order valence-corrected chi connectivity index (χ2v) is 6.59. The van der Waals surface area contributed by atoms with Crippen LogP contribution >= 0.6 is 0 Å². The summed E-state index contributed by atoms with van der Waals surface area (Å²) in [5.74, 6) is -0.124. The van der Waals surface area contributed by atoms with E-state index in [2.05, 4.69) is 20.6 Å². The molecular formula is C18H23N5O4. The van der Waals surface area contributed by atoms with Crippen LogP contribution in [0.5, 0.6) is 0 Å². The Morgan fingerprint density at radius 2 is 2.26 bits per heavy atom. The highest BCUT2D eigenvalue weighted by Gasteiger charge is 2.37. The van der Waals surface area contributed by atoms with Gasteiger partial charge in [0, 0.05) is 37.4 Å². The first-order valence-corrected chi connectivity index (χ1v) is 8.87. The van der Waals surface area contributed by atoms with E-state index in [1.54, 1.807) is 19.5 Å². The monoisotopic (exact) mass is 373 g/mol. The molecule has 0 bridgehead atoms. The van der Waals surface area contributed by atoms with Gasteiger partial charge in [0.05, 0.1) is 18.6 Å². The topological polar surface area (TPSA) is 120 Å². The number of furan rings is 1. The van der Waals surface area contributed by atoms with Crippen LogP contribution < -0.4 is 16.2 Å². The molecule has 2 aromatic rings. The molecule has 2 aromatic heterocycles. The van der Waals surface area contributed by atoms with E-state index >= 15 is 0 Å². The maximum absolute atomic E-state index is 12.5. The zero-order valence-corrected chi connectivity index (χ0v) is 15.3. The predicted molar refractivity (Wildman–Crippen MR) is 97.1 cm³/mol. The van der Waals surface area contributed by atoms with Gasteiger partial charge in [-0.2, -0.15) is 0 Å². The van der Waals surface area contributed by atoms with Gasteiger partial charge in [0.1, 0.15) is 11.4 Å². The lowest BCUT2D eigenvalue weighted by atomic mass is 10.1. The molecule has 0 aliphatic carbocycles. The third-order valence-corrected chi connectivity index (χ3v) is 4.53. The van der Waals surface area contributed by atoms with Gasteiger partial charge in [0.15, 0.2) is 0 Å². The number of hydrogen-bond acceptors (Lipinski definition) is 6. The molecule has 0 spiro atoms. The summed E-state index contributed by atoms with van der Waals surface area (Å²) >= 11 is 0. The minimum atomic E-state index is -0.492. The fourth-order valence-electron chi connectivity index (χ4n) is 3.27. The van der Waals surface area contributed by atoms with E-state index in [0.29, 0.717) is 31.9 Å². The van der Waals surface area contributed by atoms with E-state index in [1.807, 2.05) is 17.9 Å². The molecule has 0 saturated carbocycles. The molecule has 3 N–H and O–H groups in total. The zero-order valence-electron chi connectivity index (χ0n) is 15.3. The molecule has 3 heterocycles. The normalized spacial score (nSPS) is 19.8. The Balaban J connectivity index is 1.71. The lowest BCUT2D eigenvalue weighted by Crippen LogP contribution is -2.42. The molecular weight excluding hydrogens is 350 g/mol. The Labute approximate surface area is 156 Å². The molecule has 1 saturated heterocycles. The lowest BCUT2D eigenvalue weighted by Gasteiger charge is -2.22. The van der Waals surface area contributed by atoms with Gasteiger partial charge in [-0.15, -0.1) is 0 Å². The van der Waals surface area contributed by atoms with Crippen molar-refractivity contribution in [2.45, 2.75) is 38.9 Å². The summed E-state index contributed by atoms with van der Waals surface area (Å²) in [5.41, 5.74) is 0.437. The molecule has 0 radical (unpaired) electrons. The van der Waals surface area contributed by atoms with E-state index in [1.165, 1.54) is 6.20 Å². The average molecular weight is 373 g/mol. The SMILES string of the molecule is CCNC(=O)[C@@H]1C[C@@H](NC(=O)c2cnc(C)[nH]c2=O)CN1Cc1ccoc1. The lowest BCUT2D eigenvalue weighted by molar-refractivity contribution is -0.125. The van der Waals surface area contributed by atoms with Gasteiger partial charge >= 0.3 is 0 Å². The van der Waals surface area contributed by atoms with Crippen LogP contribution in [0.15, 0.2) is 34.0 Å². The van der Waals surface area contributed by atoms with Gasteiger partial charge in [-0.05, 0) is 26.3 Å². The van der Waals surface area contributed by atoms with Crippen molar-refractivity contribution < 1.29 is 14.0 Å². The van der Waals surface area contributed by atoms with E-state index in [4.69, 9.17) is 4.42 Å². The number of aromatic amines is 1. The molecule has 9 nitrogen and oxygen atoms in total. The number of amides is 2. The summed E-state index contributed by atoms with van der Waals surface area (Å²) in [6.45, 7) is 5.08. The third-order valence-electron chi connectivity index (χ3n) is 4.53. The summed E-state index contributed by atoms with van der Waals surface area (Å²) < 4.78 is 5.10. The first-order chi connectivity index (χ1) is 13.0. The Kier molecular flexibility index (Phi) is 5.70. The van der Waals surface area contributed by atoms with Crippen molar-refractivity contribution >= 4 is 11.8 Å². The number of carbonyl (C=O) groups is 2. The van der Waals surface area contributed by atoms with E-state index in [0.717, 1.165) is 5.56 Å². The number of hydrogen-bond donors (Lipinski definition) is 3. The Morgan fingerprint density at radius 1 is 1.44 bits per heavy atom. The number of nitrogens with zero attached hydrogens (tertiary/aromatic N) is 2. The summed E-state index contributed by atoms with van der Waals surface area (Å²) in [7, 11) is 0. The first kappa shape index (κ1) is 18.8. The molecule has 9 heteroatoms. The summed E-state index contributed by atoms with van der Waals surface area (Å²) in [5, 5.41) is 5.68. The van der Waals surface area contributed by atoms with Crippen molar-refractivity contribution in [1.82, 2.24) is 25.5 Å². The molecule has 3 rings (SSSR count). The molecule has 144 valence electrons. The van der Waals surface area contributed by atoms with Crippen LogP contribution in [0.3, 0.4) is 0 Å². The van der Waals surface area contributed by atoms with Gasteiger partial charge in [-0.1, -0.05) is 0 Å². The van der Waals surface area contributed by atoms with Gasteiger partial charge in [0.2, 0.25) is 5.91 Å². The average Bonchev–Trinajstić information content (AvgIpc) is 3.25. The molecule has 0 aromatic carbocycles. The minimum Gasteiger partial charge on any atom is -0.472 e. The summed E-state index contributed by atoms with van der Waals surface area (Å²) in [6.07, 6.45) is 4.95. The summed E-state index contributed by atoms with van der Waals surface area (Å²) in [6, 6.07) is 1.23. The van der Waals surface area contributed by atoms with Gasteiger partial charge < -0.3 is 20.0 Å². The second kappa shape index (κ2) is 8.17. The van der Waals surface area contributed by atoms with Crippen LogP contribution in [-0.2, 0) is 11.3 Å². The van der Waals surface area contributed by atoms with Crippen molar-refractivity contribution in [1.29, 1.82) is 0 Å². The van der Waals surface area contributed by atoms with Gasteiger partial charge in [0.25, 0.3) is 11.5 Å². The van der Waals surface area contributed by atoms with Crippen LogP contribution in [0.4, 0.5) is 0 Å². The van der Waals surface area contributed by atoms with Crippen LogP contribution in [0.25, 0.3) is 0 Å². The van der Waals surface area contributed by atoms with Crippen LogP contribution in [0.1, 0.15) is 35.1 Å². The number of likely N-dealkylation sites (N-methyl/N-ethyl adjacent to an activating group) is 1. The fourth-order valence-corrected chi connectivity index (χ4v) is 3.27. The van der Waals surface area contributed by atoms with Gasteiger partial charge in [-0.3, -0.25) is 19.3 Å². The predicted octanol–water partition coefficient (Wildman–Crippen LogP) is 0.180. The number of carbonyl (C=O) groups excluding carboxylic acids is 2. The van der Waals surface area contributed by atoms with Crippen molar-refractivity contribution in [3.8, 4) is 0 Å². The van der Waals surface area contributed by atoms with Crippen molar-refractivity contribution in [2.24, 2.45) is 0 Å². The number of aryl methyl sites for hydroxylation is 1. The molecule has 0 unspecified atom stereocenters. The first-order valence-electron chi connectivity index (χ1n) is 8.87. The molecule has 2 atom stereocenters. The minimum absolute atomic E-state index is 0.0385. The van der Waals surface area contributed by atoms with Crippen LogP contribution in [0.2, 0.25) is 0 Å². The van der Waals surface area contributed by atoms with Crippen LogP contribution in [0, 0.1) is 6.92 Å². The maximum atomic E-state index is 12.5. The highest BCUT2D eigenvalue weighted by atomic mass is 16.3. The molecule has 27 heavy (non-hydrogen) atoms. The Morgan fingerprint density at radius 3 is 2.93 bits per heavy atom. The Bertz CT molecular complexity index is 861. The fraction of sp³-hybridized carbons (Fsp3) is 0.444. The van der Waals surface area contributed by atoms with Gasteiger partial charge in [-0.25, -0.2) is 4.98 Å². The molecule has 1 aliphatic rings. The molecule has 1 aliphatic heterocycles. The van der Waals surface area contributed by atoms with E-state index in [9.17, 15) is 14.4 Å². The largest absolute Gasteiger partial charge is 0.472 e. The van der Waals surface area contributed by atoms with Crippen molar-refractivity contribution in [3.63, 3.8) is 0 Å². The van der Waals surface area contributed by atoms with E-state index in [-0.39, 0.29) is 23.6 Å². The van der Waals surface area contributed by atoms with E-state index < -0.39 is 11.5 Å². The number of H-pyrrole nitrogens is 1. The Hall–Kier alpha value is -2.94. The summed E-state index contributed by atoms with van der Waals surface area (Å²) in [4.78, 5) is 45.3. The number of nitrogens with one attached hydrogen (secondary N) is 3. The smallest absolute Gasteiger partial charge is 0.263 e. The standard InChI is InChI=1S/C18H23N5O4/c1-3-19-18(26)15-6-13(9-23(15)8-12-4-5-27-10-12)22-17(25)14-7-20-11(2)21-16(14)24/h4-5,7,10,13,15H,3,6,8-9H2,1-2H3,(H,19,26)(H,22,25)(H,20,21,24)/t13-,15+/m1/s1. The molecule has 2 amide bonds. The number of aromatic nitrogens is 2. The molecule has 1 fully saturated rings. The van der Waals surface area contributed by atoms with Crippen molar-refractivity contribution in [3.05, 3.63) is 52.1 Å². The number of likely N-dealkylation sites (tertiary alicyclic amines) is 1.